The number of aromatic amines is 2. The fourth-order valence-electron chi connectivity index (χ4n) is 9.25. The molecular formula is C46H40Cl2N8O3. The van der Waals surface area contributed by atoms with E-state index in [1.54, 1.807) is 24.3 Å². The summed E-state index contributed by atoms with van der Waals surface area (Å²) < 4.78 is 2.80. The Morgan fingerprint density at radius 3 is 1.49 bits per heavy atom. The van der Waals surface area contributed by atoms with Crippen molar-refractivity contribution >= 4 is 62.2 Å². The molecule has 1 amide bonds. The van der Waals surface area contributed by atoms with Crippen LogP contribution in [-0.2, 0) is 0 Å². The van der Waals surface area contributed by atoms with E-state index >= 15 is 0 Å². The minimum absolute atomic E-state index is 0.125. The fourth-order valence-corrected chi connectivity index (χ4v) is 9.50. The minimum atomic E-state index is -0.564. The summed E-state index contributed by atoms with van der Waals surface area (Å²) in [5.74, 6) is 0.744. The molecule has 59 heavy (non-hydrogen) atoms. The number of carbonyl (C=O) groups is 1. The first-order chi connectivity index (χ1) is 28.7. The Bertz CT molecular complexity index is 3030. The van der Waals surface area contributed by atoms with Crippen LogP contribution in [0.5, 0.6) is 0 Å². The first-order valence-electron chi connectivity index (χ1n) is 20.0. The number of hydrogen-bond donors (Lipinski definition) is 3. The minimum Gasteiger partial charge on any atom is -0.365 e. The van der Waals surface area contributed by atoms with Gasteiger partial charge in [-0.05, 0) is 123 Å². The number of H-pyrrole nitrogens is 2. The maximum absolute atomic E-state index is 13.0. The summed E-state index contributed by atoms with van der Waals surface area (Å²) in [5, 5.41) is 18.7. The highest BCUT2D eigenvalue weighted by atomic mass is 35.5. The molecule has 0 spiro atoms. The quantitative estimate of drug-likeness (QED) is 0.156. The summed E-state index contributed by atoms with van der Waals surface area (Å²) in [6.45, 7) is 0. The third-order valence-corrected chi connectivity index (χ3v) is 12.8. The first kappa shape index (κ1) is 38.3. The van der Waals surface area contributed by atoms with Gasteiger partial charge in [-0.2, -0.15) is 9.78 Å². The number of benzene rings is 4. The van der Waals surface area contributed by atoms with Crippen LogP contribution < -0.4 is 16.9 Å². The highest BCUT2D eigenvalue weighted by Crippen LogP contribution is 2.43. The van der Waals surface area contributed by atoms with Gasteiger partial charge in [-0.25, -0.2) is 14.5 Å². The van der Waals surface area contributed by atoms with Crippen LogP contribution in [-0.4, -0.2) is 35.1 Å². The Labute approximate surface area is 348 Å². The third-order valence-electron chi connectivity index (χ3n) is 12.3. The average molecular weight is 824 g/mol. The Balaban J connectivity index is 0.000000152. The second-order valence-corrected chi connectivity index (χ2v) is 16.5. The van der Waals surface area contributed by atoms with Crippen LogP contribution in [0.3, 0.4) is 0 Å². The molecule has 0 saturated heterocycles. The number of fused-ring (bicyclic) bond motifs is 4. The van der Waals surface area contributed by atoms with E-state index in [0.717, 1.165) is 72.8 Å². The van der Waals surface area contributed by atoms with Crippen molar-refractivity contribution in [2.45, 2.75) is 75.0 Å². The van der Waals surface area contributed by atoms with Gasteiger partial charge in [0.1, 0.15) is 17.2 Å². The lowest BCUT2D eigenvalue weighted by atomic mass is 9.77. The van der Waals surface area contributed by atoms with E-state index in [4.69, 9.17) is 28.9 Å². The lowest BCUT2D eigenvalue weighted by Crippen LogP contribution is -2.18. The van der Waals surface area contributed by atoms with Crippen molar-refractivity contribution in [1.82, 2.24) is 29.2 Å². The molecule has 2 fully saturated rings. The summed E-state index contributed by atoms with van der Waals surface area (Å²) in [6, 6.07) is 32.8. The van der Waals surface area contributed by atoms with Crippen molar-refractivity contribution in [3.8, 4) is 6.07 Å². The number of rotatable bonds is 5. The van der Waals surface area contributed by atoms with Gasteiger partial charge in [0.05, 0.1) is 33.2 Å². The van der Waals surface area contributed by atoms with Crippen LogP contribution in [0.25, 0.3) is 33.1 Å². The summed E-state index contributed by atoms with van der Waals surface area (Å²) >= 11 is 12.0. The lowest BCUT2D eigenvalue weighted by Gasteiger charge is -2.28. The van der Waals surface area contributed by atoms with Crippen molar-refractivity contribution in [2.24, 2.45) is 5.73 Å². The summed E-state index contributed by atoms with van der Waals surface area (Å²) in [6.07, 6.45) is 7.78. The topological polar surface area (TPSA) is 167 Å². The van der Waals surface area contributed by atoms with E-state index in [1.165, 1.54) is 20.2 Å². The van der Waals surface area contributed by atoms with Crippen molar-refractivity contribution < 1.29 is 4.79 Å². The second kappa shape index (κ2) is 15.9. The van der Waals surface area contributed by atoms with Gasteiger partial charge >= 0.3 is 0 Å². The van der Waals surface area contributed by atoms with Gasteiger partial charge < -0.3 is 5.73 Å². The van der Waals surface area contributed by atoms with Gasteiger partial charge in [-0.15, -0.1) is 0 Å². The van der Waals surface area contributed by atoms with Crippen LogP contribution in [0.2, 0.25) is 10.0 Å². The molecule has 8 aromatic rings. The molecule has 4 heterocycles. The van der Waals surface area contributed by atoms with Crippen molar-refractivity contribution in [3.63, 3.8) is 0 Å². The number of carbonyl (C=O) groups excluding carboxylic acids is 1. The van der Waals surface area contributed by atoms with Gasteiger partial charge in [0, 0.05) is 21.9 Å². The molecule has 0 atom stereocenters. The number of para-hydroxylation sites is 2. The van der Waals surface area contributed by atoms with E-state index in [-0.39, 0.29) is 23.0 Å². The molecule has 0 bridgehead atoms. The monoisotopic (exact) mass is 822 g/mol. The van der Waals surface area contributed by atoms with E-state index in [9.17, 15) is 19.6 Å². The first-order valence-corrected chi connectivity index (χ1v) is 20.7. The number of aromatic nitrogens is 6. The van der Waals surface area contributed by atoms with E-state index in [2.05, 4.69) is 50.5 Å². The van der Waals surface area contributed by atoms with Gasteiger partial charge in [0.25, 0.3) is 17.0 Å². The highest BCUT2D eigenvalue weighted by Gasteiger charge is 2.31. The number of amides is 1. The zero-order chi connectivity index (χ0) is 40.8. The fraction of sp³-hybridized carbons (Fsp3) is 0.261. The molecule has 2 aliphatic carbocycles. The van der Waals surface area contributed by atoms with Crippen LogP contribution in [0, 0.1) is 11.3 Å². The molecule has 13 heteroatoms. The van der Waals surface area contributed by atoms with Crippen molar-refractivity contribution in [1.29, 1.82) is 5.26 Å². The number of nitrogens with zero attached hydrogens (tertiary/aromatic N) is 5. The Hall–Kier alpha value is -6.22. The molecule has 2 aliphatic rings. The molecule has 11 nitrogen and oxygen atoms in total. The number of nitriles is 1. The Morgan fingerprint density at radius 1 is 0.610 bits per heavy atom. The molecular weight excluding hydrogens is 783 g/mol. The van der Waals surface area contributed by atoms with Crippen LogP contribution in [0.15, 0.2) is 107 Å². The largest absolute Gasteiger partial charge is 0.365 e. The SMILES string of the molecule is N#Cc1c(C2CCC(c3ccc(Cl)cc3)CC2)[nH]n2c(=O)c3ccccc3nc12.NC(=O)c1c(C2CCC(c3ccc(Cl)cc3)CC2)[nH]n2c(=O)c3ccccc3nc12. The maximum atomic E-state index is 13.0. The molecule has 10 rings (SSSR count). The Morgan fingerprint density at radius 2 is 1.02 bits per heavy atom. The Kier molecular flexibility index (Phi) is 10.3. The summed E-state index contributed by atoms with van der Waals surface area (Å²) in [5.41, 5.74) is 12.2. The number of primary amides is 1. The van der Waals surface area contributed by atoms with E-state index in [1.807, 2.05) is 48.5 Å². The van der Waals surface area contributed by atoms with E-state index < -0.39 is 5.91 Å². The zero-order valence-electron chi connectivity index (χ0n) is 32.0. The van der Waals surface area contributed by atoms with Crippen LogP contribution in [0.4, 0.5) is 0 Å². The van der Waals surface area contributed by atoms with Crippen molar-refractivity contribution in [3.05, 3.63) is 161 Å². The molecule has 4 N–H and O–H groups in total. The smallest absolute Gasteiger partial charge is 0.280 e. The van der Waals surface area contributed by atoms with Crippen LogP contribution >= 0.6 is 23.2 Å². The number of hydrogen-bond acceptors (Lipinski definition) is 6. The van der Waals surface area contributed by atoms with Gasteiger partial charge in [-0.3, -0.25) is 24.6 Å². The third kappa shape index (κ3) is 7.17. The molecule has 296 valence electrons. The van der Waals surface area contributed by atoms with Crippen LogP contribution in [0.1, 0.15) is 113 Å². The normalized spacial score (nSPS) is 19.4. The summed E-state index contributed by atoms with van der Waals surface area (Å²) in [4.78, 5) is 47.3. The predicted molar refractivity (Wildman–Crippen MR) is 231 cm³/mol. The van der Waals surface area contributed by atoms with Gasteiger partial charge in [0.2, 0.25) is 0 Å². The predicted octanol–water partition coefficient (Wildman–Crippen LogP) is 9.51. The molecule has 0 aliphatic heterocycles. The standard InChI is InChI=1S/C23H21ClN4O2.C23H19ClN4O/c24-16-11-9-14(10-12-16)13-5-7-15(8-6-13)20-19(21(25)29)22-26-18-4-2-1-3-17(18)23(30)28(22)27-20;24-17-11-9-15(10-12-17)14-5-7-16(8-6-14)21-19(13-25)22-26-20-4-2-1-3-18(20)23(29)28(22)27-21/h1-4,9-13,15,27H,5-8H2,(H2,25,29);1-4,9-12,14,16,27H,5-8H2. The molecule has 0 unspecified atom stereocenters. The number of halogens is 2. The average Bonchev–Trinajstić information content (AvgIpc) is 3.84. The number of nitrogens with two attached hydrogens (primary N) is 1. The zero-order valence-corrected chi connectivity index (χ0v) is 33.5. The van der Waals surface area contributed by atoms with E-state index in [0.29, 0.717) is 56.1 Å². The number of nitrogens with one attached hydrogen (secondary N) is 2. The van der Waals surface area contributed by atoms with Gasteiger partial charge in [-0.1, -0.05) is 71.7 Å². The molecule has 0 radical (unpaired) electrons. The maximum Gasteiger partial charge on any atom is 0.280 e. The molecule has 4 aromatic carbocycles. The van der Waals surface area contributed by atoms with Crippen molar-refractivity contribution in [2.75, 3.05) is 0 Å². The second-order valence-electron chi connectivity index (χ2n) is 15.7. The molecule has 4 aromatic heterocycles. The van der Waals surface area contributed by atoms with Gasteiger partial charge in [0.15, 0.2) is 11.3 Å². The summed E-state index contributed by atoms with van der Waals surface area (Å²) in [7, 11) is 0. The lowest BCUT2D eigenvalue weighted by molar-refractivity contribution is 0.1000. The highest BCUT2D eigenvalue weighted by molar-refractivity contribution is 6.30. The molecule has 2 saturated carbocycles.